The molecule has 0 aromatic heterocycles. The van der Waals surface area contributed by atoms with Crippen LogP contribution in [-0.2, 0) is 33.4 Å². The lowest BCUT2D eigenvalue weighted by molar-refractivity contribution is -0.163. The number of allylic oxidation sites excluding steroid dienone is 2. The van der Waals surface area contributed by atoms with Crippen LogP contribution in [0.4, 0.5) is 0 Å². The lowest BCUT2D eigenvalue weighted by Gasteiger charge is -2.32. The van der Waals surface area contributed by atoms with Crippen molar-refractivity contribution in [2.24, 2.45) is 5.92 Å². The van der Waals surface area contributed by atoms with E-state index in [4.69, 9.17) is 14.2 Å². The number of fused-ring (bicyclic) bond motifs is 1. The quantitative estimate of drug-likeness (QED) is 0.120. The van der Waals surface area contributed by atoms with Gasteiger partial charge >= 0.3 is 17.9 Å². The maximum absolute atomic E-state index is 12.8. The van der Waals surface area contributed by atoms with Crippen LogP contribution < -0.4 is 0 Å². The second kappa shape index (κ2) is 15.5. The molecule has 0 spiro atoms. The molecule has 0 bridgehead atoms. The van der Waals surface area contributed by atoms with Crippen LogP contribution in [-0.4, -0.2) is 42.0 Å². The molecule has 0 N–H and O–H groups in total. The highest BCUT2D eigenvalue weighted by atomic mass is 16.6. The van der Waals surface area contributed by atoms with Gasteiger partial charge in [0.1, 0.15) is 6.10 Å². The molecule has 1 fully saturated rings. The largest absolute Gasteiger partial charge is 0.458 e. The van der Waals surface area contributed by atoms with Crippen LogP contribution in [0.3, 0.4) is 0 Å². The number of hydrogen-bond acceptors (Lipinski definition) is 7. The van der Waals surface area contributed by atoms with E-state index in [0.29, 0.717) is 17.6 Å². The highest BCUT2D eigenvalue weighted by molar-refractivity contribution is 6.00. The molecule has 1 unspecified atom stereocenters. The molecule has 1 saturated heterocycles. The first-order chi connectivity index (χ1) is 18.0. The normalized spacial score (nSPS) is 26.4. The summed E-state index contributed by atoms with van der Waals surface area (Å²) in [5.74, 6) is -2.73. The fourth-order valence-corrected chi connectivity index (χ4v) is 4.94. The molecule has 7 heteroatoms. The van der Waals surface area contributed by atoms with E-state index >= 15 is 0 Å². The zero-order chi connectivity index (χ0) is 28.2. The Kier molecular flexibility index (Phi) is 12.7. The minimum Gasteiger partial charge on any atom is -0.458 e. The molecule has 0 radical (unpaired) electrons. The number of rotatable bonds is 13. The smallest absolute Gasteiger partial charge is 0.334 e. The Hall–Kier alpha value is -2.96. The summed E-state index contributed by atoms with van der Waals surface area (Å²) in [7, 11) is 0. The van der Waals surface area contributed by atoms with E-state index in [2.05, 4.69) is 20.1 Å². The first-order valence-electron chi connectivity index (χ1n) is 13.9. The third-order valence-electron chi connectivity index (χ3n) is 7.04. The minimum atomic E-state index is -1.00. The van der Waals surface area contributed by atoms with Gasteiger partial charge in [-0.1, -0.05) is 77.0 Å². The van der Waals surface area contributed by atoms with Gasteiger partial charge in [-0.3, -0.25) is 9.59 Å². The molecule has 0 amide bonds. The van der Waals surface area contributed by atoms with Gasteiger partial charge in [0, 0.05) is 24.0 Å². The molecule has 2 rings (SSSR count). The number of unbranched alkanes of at least 4 members (excludes halogenated alkanes) is 8. The van der Waals surface area contributed by atoms with Gasteiger partial charge < -0.3 is 14.2 Å². The SMILES string of the molecule is C=C(C)C(=O)O[C@H]1C/C(C)=C/C(=O)/C=C(/C)C(OC(=O)CCCCCCCCCCC)[C@H]2OC(=O)C(=C)[C@H]12. The molecule has 38 heavy (non-hydrogen) atoms. The topological polar surface area (TPSA) is 96.0 Å². The van der Waals surface area contributed by atoms with Gasteiger partial charge in [-0.25, -0.2) is 9.59 Å². The zero-order valence-corrected chi connectivity index (χ0v) is 23.5. The van der Waals surface area contributed by atoms with Gasteiger partial charge in [-0.2, -0.15) is 0 Å². The zero-order valence-electron chi connectivity index (χ0n) is 23.5. The molecule has 210 valence electrons. The first-order valence-corrected chi connectivity index (χ1v) is 13.9. The van der Waals surface area contributed by atoms with E-state index in [0.717, 1.165) is 19.3 Å². The second-order valence-corrected chi connectivity index (χ2v) is 10.6. The molecule has 1 heterocycles. The number of esters is 3. The molecule has 7 nitrogen and oxygen atoms in total. The fraction of sp³-hybridized carbons (Fsp3) is 0.613. The maximum Gasteiger partial charge on any atom is 0.334 e. The van der Waals surface area contributed by atoms with Crippen molar-refractivity contribution in [3.63, 3.8) is 0 Å². The summed E-state index contributed by atoms with van der Waals surface area (Å²) < 4.78 is 17.2. The van der Waals surface area contributed by atoms with Crippen molar-refractivity contribution in [3.05, 3.63) is 47.6 Å². The van der Waals surface area contributed by atoms with E-state index in [1.165, 1.54) is 51.2 Å². The van der Waals surface area contributed by atoms with Crippen LogP contribution in [0.25, 0.3) is 0 Å². The number of ether oxygens (including phenoxy) is 3. The van der Waals surface area contributed by atoms with E-state index in [-0.39, 0.29) is 29.8 Å². The van der Waals surface area contributed by atoms with Crippen molar-refractivity contribution in [1.29, 1.82) is 0 Å². The number of ketones is 1. The van der Waals surface area contributed by atoms with Gasteiger partial charge in [0.05, 0.1) is 5.92 Å². The van der Waals surface area contributed by atoms with Crippen LogP contribution in [0, 0.1) is 5.92 Å². The van der Waals surface area contributed by atoms with Crippen LogP contribution in [0.5, 0.6) is 0 Å². The summed E-state index contributed by atoms with van der Waals surface area (Å²) in [6.07, 6.45) is 10.6. The molecular formula is C31H44O7. The van der Waals surface area contributed by atoms with Crippen LogP contribution in [0.2, 0.25) is 0 Å². The average Bonchev–Trinajstić information content (AvgIpc) is 3.13. The second-order valence-electron chi connectivity index (χ2n) is 10.6. The number of carbonyl (C=O) groups excluding carboxylic acids is 4. The van der Waals surface area contributed by atoms with E-state index in [9.17, 15) is 19.2 Å². The summed E-state index contributed by atoms with van der Waals surface area (Å²) in [4.78, 5) is 50.5. The van der Waals surface area contributed by atoms with Crippen LogP contribution in [0.15, 0.2) is 47.6 Å². The van der Waals surface area contributed by atoms with Crippen molar-refractivity contribution in [3.8, 4) is 0 Å². The Balaban J connectivity index is 2.15. The van der Waals surface area contributed by atoms with Gasteiger partial charge in [0.2, 0.25) is 0 Å². The molecule has 1 aliphatic heterocycles. The summed E-state index contributed by atoms with van der Waals surface area (Å²) in [5, 5.41) is 0. The van der Waals surface area contributed by atoms with Gasteiger partial charge in [-0.05, 0) is 44.9 Å². The Labute approximate surface area is 227 Å². The Morgan fingerprint density at radius 2 is 1.58 bits per heavy atom. The summed E-state index contributed by atoms with van der Waals surface area (Å²) in [5.41, 5.74) is 1.46. The van der Waals surface area contributed by atoms with Gasteiger partial charge in [0.15, 0.2) is 18.0 Å². The average molecular weight is 529 g/mol. The van der Waals surface area contributed by atoms with E-state index in [1.54, 1.807) is 13.8 Å². The molecule has 2 aliphatic rings. The summed E-state index contributed by atoms with van der Waals surface area (Å²) >= 11 is 0. The summed E-state index contributed by atoms with van der Waals surface area (Å²) in [6.45, 7) is 14.7. The first kappa shape index (κ1) is 31.3. The standard InChI is InChI=1S/C31H44O7/c1-7-8-9-10-11-12-13-14-15-16-26(33)37-28-22(5)19-24(32)17-21(4)18-25(36-30(34)20(2)3)27-23(6)31(35)38-29(27)28/h17,19,25,27-29H,2,6-16,18H2,1,3-5H3/b21-17+,22-19-/t25-,27+,28?,29-/m0/s1. The Morgan fingerprint density at radius 3 is 2.18 bits per heavy atom. The van der Waals surface area contributed by atoms with Crippen LogP contribution >= 0.6 is 0 Å². The Bertz CT molecular complexity index is 971. The van der Waals surface area contributed by atoms with Crippen molar-refractivity contribution >= 4 is 23.7 Å². The highest BCUT2D eigenvalue weighted by Crippen LogP contribution is 2.39. The van der Waals surface area contributed by atoms with Gasteiger partial charge in [-0.15, -0.1) is 0 Å². The van der Waals surface area contributed by atoms with Gasteiger partial charge in [0.25, 0.3) is 0 Å². The van der Waals surface area contributed by atoms with E-state index in [1.807, 2.05) is 0 Å². The maximum atomic E-state index is 12.8. The summed E-state index contributed by atoms with van der Waals surface area (Å²) in [6, 6.07) is 0. The number of carbonyl (C=O) groups is 4. The van der Waals surface area contributed by atoms with Crippen LogP contribution in [0.1, 0.15) is 98.3 Å². The lowest BCUT2D eigenvalue weighted by Crippen LogP contribution is -2.43. The third kappa shape index (κ3) is 9.41. The molecule has 0 aromatic rings. The fourth-order valence-electron chi connectivity index (χ4n) is 4.94. The highest BCUT2D eigenvalue weighted by Gasteiger charge is 2.50. The van der Waals surface area contributed by atoms with Crippen molar-refractivity contribution in [2.75, 3.05) is 0 Å². The minimum absolute atomic E-state index is 0.141. The van der Waals surface area contributed by atoms with E-state index < -0.39 is 42.1 Å². The predicted octanol–water partition coefficient (Wildman–Crippen LogP) is 6.27. The van der Waals surface area contributed by atoms with Crippen molar-refractivity contribution < 1.29 is 33.4 Å². The molecule has 1 aliphatic carbocycles. The Morgan fingerprint density at radius 1 is 0.974 bits per heavy atom. The molecule has 0 aromatic carbocycles. The predicted molar refractivity (Wildman–Crippen MR) is 146 cm³/mol. The number of hydrogen-bond donors (Lipinski definition) is 0. The molecule has 0 saturated carbocycles. The lowest BCUT2D eigenvalue weighted by atomic mass is 9.82. The monoisotopic (exact) mass is 528 g/mol. The van der Waals surface area contributed by atoms with Crippen molar-refractivity contribution in [2.45, 2.75) is 117 Å². The molecular weight excluding hydrogens is 484 g/mol. The van der Waals surface area contributed by atoms with Crippen molar-refractivity contribution in [1.82, 2.24) is 0 Å². The molecule has 4 atom stereocenters. The third-order valence-corrected chi connectivity index (χ3v) is 7.04.